The van der Waals surface area contributed by atoms with E-state index in [1.54, 1.807) is 0 Å². The highest BCUT2D eigenvalue weighted by molar-refractivity contribution is 7.12. The lowest BCUT2D eigenvalue weighted by molar-refractivity contribution is 0.330. The Hall–Kier alpha value is -0.380. The molecule has 1 aromatic rings. The van der Waals surface area contributed by atoms with Gasteiger partial charge in [-0.3, -0.25) is 4.90 Å². The monoisotopic (exact) mass is 238 g/mol. The number of likely N-dealkylation sites (tertiary alicyclic amines) is 1. The maximum absolute atomic E-state index is 5.91. The van der Waals surface area contributed by atoms with Crippen molar-refractivity contribution in [2.75, 3.05) is 13.1 Å². The predicted octanol–water partition coefficient (Wildman–Crippen LogP) is 2.58. The summed E-state index contributed by atoms with van der Waals surface area (Å²) in [5.74, 6) is 0. The second-order valence-corrected chi connectivity index (χ2v) is 6.97. The van der Waals surface area contributed by atoms with E-state index < -0.39 is 0 Å². The van der Waals surface area contributed by atoms with Gasteiger partial charge in [0.05, 0.1) is 0 Å². The van der Waals surface area contributed by atoms with Crippen LogP contribution in [0.25, 0.3) is 0 Å². The normalized spacial score (nSPS) is 22.9. The van der Waals surface area contributed by atoms with Gasteiger partial charge in [0.1, 0.15) is 0 Å². The summed E-state index contributed by atoms with van der Waals surface area (Å²) in [5, 5.41) is 0. The third-order valence-corrected chi connectivity index (χ3v) is 4.58. The number of nitrogens with two attached hydrogens (primary N) is 1. The van der Waals surface area contributed by atoms with Crippen molar-refractivity contribution < 1.29 is 0 Å². The molecule has 2 rings (SSSR count). The predicted molar refractivity (Wildman–Crippen MR) is 70.9 cm³/mol. The van der Waals surface area contributed by atoms with Crippen molar-refractivity contribution in [1.82, 2.24) is 4.90 Å². The third kappa shape index (κ3) is 2.84. The van der Waals surface area contributed by atoms with E-state index in [4.69, 9.17) is 5.73 Å². The van der Waals surface area contributed by atoms with Crippen molar-refractivity contribution in [3.8, 4) is 0 Å². The molecule has 2 heterocycles. The minimum Gasteiger partial charge on any atom is -0.326 e. The number of rotatable bonds is 2. The summed E-state index contributed by atoms with van der Waals surface area (Å²) >= 11 is 1.95. The van der Waals surface area contributed by atoms with Gasteiger partial charge in [0, 0.05) is 35.4 Å². The van der Waals surface area contributed by atoms with E-state index in [0.717, 1.165) is 26.1 Å². The largest absolute Gasteiger partial charge is 0.326 e. The first-order chi connectivity index (χ1) is 7.45. The molecule has 90 valence electrons. The Kier molecular flexibility index (Phi) is 3.38. The van der Waals surface area contributed by atoms with Crippen LogP contribution in [0.15, 0.2) is 12.1 Å². The van der Waals surface area contributed by atoms with Crippen LogP contribution in [0.2, 0.25) is 0 Å². The molecule has 0 radical (unpaired) electrons. The molecule has 1 fully saturated rings. The summed E-state index contributed by atoms with van der Waals surface area (Å²) in [5.41, 5.74) is 6.20. The molecule has 1 saturated heterocycles. The van der Waals surface area contributed by atoms with Crippen molar-refractivity contribution >= 4 is 11.3 Å². The number of hydrogen-bond acceptors (Lipinski definition) is 3. The zero-order valence-corrected chi connectivity index (χ0v) is 11.3. The van der Waals surface area contributed by atoms with Gasteiger partial charge in [0.15, 0.2) is 0 Å². The quantitative estimate of drug-likeness (QED) is 0.858. The fourth-order valence-corrected chi connectivity index (χ4v) is 3.20. The van der Waals surface area contributed by atoms with Gasteiger partial charge in [-0.2, -0.15) is 0 Å². The maximum atomic E-state index is 5.91. The van der Waals surface area contributed by atoms with E-state index in [-0.39, 0.29) is 5.41 Å². The van der Waals surface area contributed by atoms with Gasteiger partial charge < -0.3 is 5.73 Å². The first-order valence-corrected chi connectivity index (χ1v) is 6.84. The van der Waals surface area contributed by atoms with Crippen LogP contribution in [0.5, 0.6) is 0 Å². The van der Waals surface area contributed by atoms with E-state index >= 15 is 0 Å². The van der Waals surface area contributed by atoms with Crippen LogP contribution < -0.4 is 5.73 Å². The van der Waals surface area contributed by atoms with E-state index in [9.17, 15) is 0 Å². The highest BCUT2D eigenvalue weighted by Gasteiger charge is 2.21. The molecular weight excluding hydrogens is 216 g/mol. The first kappa shape index (κ1) is 12.1. The Morgan fingerprint density at radius 3 is 2.69 bits per heavy atom. The topological polar surface area (TPSA) is 29.3 Å². The van der Waals surface area contributed by atoms with Crippen molar-refractivity contribution in [3.63, 3.8) is 0 Å². The van der Waals surface area contributed by atoms with E-state index in [1.165, 1.54) is 9.75 Å². The molecule has 16 heavy (non-hydrogen) atoms. The van der Waals surface area contributed by atoms with Crippen LogP contribution in [0.4, 0.5) is 0 Å². The Bertz CT molecular complexity index is 351. The molecule has 1 atom stereocenters. The molecule has 0 aromatic carbocycles. The fraction of sp³-hybridized carbons (Fsp3) is 0.692. The fourth-order valence-electron chi connectivity index (χ4n) is 2.09. The molecule has 2 nitrogen and oxygen atoms in total. The Labute approximate surface area is 102 Å². The molecule has 1 unspecified atom stereocenters. The van der Waals surface area contributed by atoms with Crippen molar-refractivity contribution in [2.45, 2.75) is 45.2 Å². The van der Waals surface area contributed by atoms with Crippen molar-refractivity contribution in [3.05, 3.63) is 21.9 Å². The molecule has 1 aromatic heterocycles. The summed E-state index contributed by atoms with van der Waals surface area (Å²) < 4.78 is 0. The standard InChI is InChI=1S/C13H22N2S/c1-13(2,3)12-5-4-11(16-12)9-15-7-6-10(14)8-15/h4-5,10H,6-9,14H2,1-3H3. The van der Waals surface area contributed by atoms with Crippen LogP contribution in [-0.4, -0.2) is 24.0 Å². The molecule has 0 saturated carbocycles. The lowest BCUT2D eigenvalue weighted by atomic mass is 9.95. The molecule has 1 aliphatic heterocycles. The zero-order valence-electron chi connectivity index (χ0n) is 10.5. The van der Waals surface area contributed by atoms with Gasteiger partial charge in [0.2, 0.25) is 0 Å². The summed E-state index contributed by atoms with van der Waals surface area (Å²) in [4.78, 5) is 5.41. The lowest BCUT2D eigenvalue weighted by Gasteiger charge is -2.16. The Morgan fingerprint density at radius 2 is 2.19 bits per heavy atom. The molecule has 0 spiro atoms. The molecule has 2 N–H and O–H groups in total. The summed E-state index contributed by atoms with van der Waals surface area (Å²) in [7, 11) is 0. The Morgan fingerprint density at radius 1 is 1.44 bits per heavy atom. The molecule has 0 aliphatic carbocycles. The smallest absolute Gasteiger partial charge is 0.0328 e. The molecule has 3 heteroatoms. The summed E-state index contributed by atoms with van der Waals surface area (Å²) in [6.07, 6.45) is 1.15. The van der Waals surface area contributed by atoms with Crippen LogP contribution in [0.1, 0.15) is 36.9 Å². The summed E-state index contributed by atoms with van der Waals surface area (Å²) in [6, 6.07) is 4.94. The highest BCUT2D eigenvalue weighted by Crippen LogP contribution is 2.30. The maximum Gasteiger partial charge on any atom is 0.0328 e. The minimum atomic E-state index is 0.282. The van der Waals surface area contributed by atoms with Gasteiger partial charge in [-0.05, 0) is 24.0 Å². The zero-order chi connectivity index (χ0) is 11.8. The summed E-state index contributed by atoms with van der Waals surface area (Å²) in [6.45, 7) is 10.1. The number of nitrogens with zero attached hydrogens (tertiary/aromatic N) is 1. The Balaban J connectivity index is 1.98. The van der Waals surface area contributed by atoms with E-state index in [2.05, 4.69) is 37.8 Å². The number of thiophene rings is 1. The van der Waals surface area contributed by atoms with E-state index in [0.29, 0.717) is 6.04 Å². The van der Waals surface area contributed by atoms with Crippen LogP contribution in [0.3, 0.4) is 0 Å². The molecule has 0 bridgehead atoms. The average molecular weight is 238 g/mol. The van der Waals surface area contributed by atoms with Gasteiger partial charge in [0.25, 0.3) is 0 Å². The second-order valence-electron chi connectivity index (χ2n) is 5.80. The second kappa shape index (κ2) is 4.47. The molecule has 0 amide bonds. The van der Waals surface area contributed by atoms with E-state index in [1.807, 2.05) is 11.3 Å². The SMILES string of the molecule is CC(C)(C)c1ccc(CN2CCC(N)C2)s1. The third-order valence-electron chi connectivity index (χ3n) is 3.09. The number of hydrogen-bond donors (Lipinski definition) is 1. The minimum absolute atomic E-state index is 0.282. The molecule has 1 aliphatic rings. The van der Waals surface area contributed by atoms with Crippen LogP contribution in [-0.2, 0) is 12.0 Å². The average Bonchev–Trinajstić information content (AvgIpc) is 2.74. The molecular formula is C13H22N2S. The van der Waals surface area contributed by atoms with Gasteiger partial charge in [-0.1, -0.05) is 20.8 Å². The van der Waals surface area contributed by atoms with Gasteiger partial charge in [-0.25, -0.2) is 0 Å². The lowest BCUT2D eigenvalue weighted by Crippen LogP contribution is -2.25. The van der Waals surface area contributed by atoms with Crippen molar-refractivity contribution in [1.29, 1.82) is 0 Å². The van der Waals surface area contributed by atoms with Crippen molar-refractivity contribution in [2.24, 2.45) is 5.73 Å². The van der Waals surface area contributed by atoms with Crippen LogP contribution >= 0.6 is 11.3 Å². The van der Waals surface area contributed by atoms with Crippen LogP contribution in [0, 0.1) is 0 Å². The van der Waals surface area contributed by atoms with Gasteiger partial charge in [-0.15, -0.1) is 11.3 Å². The first-order valence-electron chi connectivity index (χ1n) is 6.02. The van der Waals surface area contributed by atoms with Gasteiger partial charge >= 0.3 is 0 Å². The highest BCUT2D eigenvalue weighted by atomic mass is 32.1.